The minimum Gasteiger partial charge on any atom is -0.477 e. The zero-order valence-corrected chi connectivity index (χ0v) is 22.7. The maximum Gasteiger partial charge on any atom is 0.350 e. The lowest BCUT2D eigenvalue weighted by Crippen LogP contribution is -2.38. The summed E-state index contributed by atoms with van der Waals surface area (Å²) in [7, 11) is 0. The number of hydrogen-bond acceptors (Lipinski definition) is 3. The Bertz CT molecular complexity index is 1550. The van der Waals surface area contributed by atoms with Gasteiger partial charge >= 0.3 is 5.97 Å². The molecule has 0 spiro atoms. The number of carboxylic acid groups (broad SMARTS) is 1. The van der Waals surface area contributed by atoms with Crippen molar-refractivity contribution in [3.8, 4) is 0 Å². The van der Waals surface area contributed by atoms with Crippen molar-refractivity contribution in [3.05, 3.63) is 143 Å². The highest BCUT2D eigenvalue weighted by atomic mass is 19.1. The second kappa shape index (κ2) is 11.3. The fourth-order valence-electron chi connectivity index (χ4n) is 5.02. The van der Waals surface area contributed by atoms with Crippen LogP contribution in [0.5, 0.6) is 0 Å². The SMILES string of the molecule is C=CCC(=NC1(C)C=CC(c2cccc(C(C)C)c2)(c2ccc(F)cc2F)C=C1C(=O)c1ccccc1)C(=O)O. The molecule has 3 aromatic carbocycles. The Morgan fingerprint density at radius 1 is 1.00 bits per heavy atom. The third-order valence-electron chi connectivity index (χ3n) is 7.23. The third-order valence-corrected chi connectivity index (χ3v) is 7.23. The minimum atomic E-state index is -1.39. The van der Waals surface area contributed by atoms with Gasteiger partial charge in [-0.2, -0.15) is 0 Å². The summed E-state index contributed by atoms with van der Waals surface area (Å²) in [6, 6.07) is 19.6. The molecule has 1 N–H and O–H groups in total. The van der Waals surface area contributed by atoms with E-state index in [2.05, 4.69) is 11.6 Å². The van der Waals surface area contributed by atoms with Crippen molar-refractivity contribution in [1.29, 1.82) is 0 Å². The van der Waals surface area contributed by atoms with E-state index in [1.807, 2.05) is 38.1 Å². The molecule has 6 heteroatoms. The van der Waals surface area contributed by atoms with Crippen LogP contribution < -0.4 is 0 Å². The van der Waals surface area contributed by atoms with E-state index in [0.29, 0.717) is 11.1 Å². The Hall–Kier alpha value is -4.45. The lowest BCUT2D eigenvalue weighted by molar-refractivity contribution is -0.129. The first kappa shape index (κ1) is 28.6. The molecule has 0 bridgehead atoms. The number of ketones is 1. The Kier molecular flexibility index (Phi) is 8.10. The average Bonchev–Trinajstić information content (AvgIpc) is 2.93. The normalized spacial score (nSPS) is 20.8. The largest absolute Gasteiger partial charge is 0.477 e. The number of Topliss-reactive ketones (excluding diaryl/α,β-unsaturated/α-hetero) is 1. The molecule has 0 aliphatic heterocycles. The van der Waals surface area contributed by atoms with Gasteiger partial charge in [0.15, 0.2) is 5.78 Å². The van der Waals surface area contributed by atoms with Crippen molar-refractivity contribution in [3.63, 3.8) is 0 Å². The van der Waals surface area contributed by atoms with Gasteiger partial charge in [-0.05, 0) is 30.0 Å². The predicted octanol–water partition coefficient (Wildman–Crippen LogP) is 7.61. The van der Waals surface area contributed by atoms with Crippen molar-refractivity contribution >= 4 is 17.5 Å². The van der Waals surface area contributed by atoms with Crippen LogP contribution in [0.2, 0.25) is 0 Å². The molecule has 0 heterocycles. The molecule has 0 fully saturated rings. The van der Waals surface area contributed by atoms with Gasteiger partial charge in [0.1, 0.15) is 22.9 Å². The molecule has 3 aromatic rings. The van der Waals surface area contributed by atoms with E-state index in [4.69, 9.17) is 0 Å². The molecule has 4 rings (SSSR count). The number of carbonyl (C=O) groups is 2. The highest BCUT2D eigenvalue weighted by molar-refractivity contribution is 6.36. The van der Waals surface area contributed by atoms with Crippen LogP contribution in [-0.4, -0.2) is 28.1 Å². The van der Waals surface area contributed by atoms with Gasteiger partial charge in [0.25, 0.3) is 0 Å². The first-order valence-corrected chi connectivity index (χ1v) is 13.0. The molecule has 1 aliphatic rings. The average molecular weight is 540 g/mol. The Labute approximate surface area is 233 Å². The fourth-order valence-corrected chi connectivity index (χ4v) is 5.02. The van der Waals surface area contributed by atoms with Crippen LogP contribution >= 0.6 is 0 Å². The molecule has 0 saturated carbocycles. The van der Waals surface area contributed by atoms with Gasteiger partial charge in [0.05, 0.1) is 5.41 Å². The smallest absolute Gasteiger partial charge is 0.350 e. The van der Waals surface area contributed by atoms with Gasteiger partial charge in [-0.3, -0.25) is 9.79 Å². The molecule has 0 aromatic heterocycles. The minimum absolute atomic E-state index is 0.0141. The lowest BCUT2D eigenvalue weighted by Gasteiger charge is -2.38. The van der Waals surface area contributed by atoms with Crippen LogP contribution in [0.25, 0.3) is 0 Å². The molecular weight excluding hydrogens is 508 g/mol. The number of allylic oxidation sites excluding steroid dienone is 3. The Morgan fingerprint density at radius 2 is 1.73 bits per heavy atom. The molecule has 204 valence electrons. The van der Waals surface area contributed by atoms with Gasteiger partial charge in [-0.25, -0.2) is 13.6 Å². The van der Waals surface area contributed by atoms with Crippen LogP contribution in [0, 0.1) is 11.6 Å². The maximum atomic E-state index is 15.6. The highest BCUT2D eigenvalue weighted by Crippen LogP contribution is 2.45. The van der Waals surface area contributed by atoms with E-state index >= 15 is 4.39 Å². The zero-order chi connectivity index (χ0) is 29.1. The molecule has 1 aliphatic carbocycles. The standard InChI is InChI=1S/C34H31F2NO3/c1-5-10-30(32(39)40)37-33(4)17-18-34(27-16-15-26(35)20-29(27)36,25-14-9-13-24(19-25)22(2)3)21-28(33)31(38)23-11-7-6-8-12-23/h5-9,11-22H,1,10H2,2-4H3,(H,39,40). The summed E-state index contributed by atoms with van der Waals surface area (Å²) in [6.45, 7) is 9.36. The van der Waals surface area contributed by atoms with Gasteiger partial charge in [0.2, 0.25) is 0 Å². The second-order valence-electron chi connectivity index (χ2n) is 10.4. The zero-order valence-electron chi connectivity index (χ0n) is 22.7. The monoisotopic (exact) mass is 539 g/mol. The Morgan fingerprint density at radius 3 is 2.35 bits per heavy atom. The van der Waals surface area contributed by atoms with E-state index in [-0.39, 0.29) is 35.0 Å². The first-order chi connectivity index (χ1) is 19.0. The van der Waals surface area contributed by atoms with E-state index in [1.165, 1.54) is 18.2 Å². The summed E-state index contributed by atoms with van der Waals surface area (Å²) in [5, 5.41) is 9.80. The summed E-state index contributed by atoms with van der Waals surface area (Å²) >= 11 is 0. The van der Waals surface area contributed by atoms with Gasteiger partial charge < -0.3 is 5.11 Å². The maximum absolute atomic E-state index is 15.6. The number of nitrogens with zero attached hydrogens (tertiary/aromatic N) is 1. The van der Waals surface area contributed by atoms with Crippen LogP contribution in [0.3, 0.4) is 0 Å². The molecule has 2 atom stereocenters. The molecule has 0 amide bonds. The topological polar surface area (TPSA) is 66.7 Å². The molecule has 4 nitrogen and oxygen atoms in total. The summed E-state index contributed by atoms with van der Waals surface area (Å²) in [6.07, 6.45) is 6.43. The number of halogens is 2. The summed E-state index contributed by atoms with van der Waals surface area (Å²) < 4.78 is 29.6. The number of hydrogen-bond donors (Lipinski definition) is 1. The number of aliphatic imine (C=N–C) groups is 1. The number of aliphatic carboxylic acids is 1. The summed E-state index contributed by atoms with van der Waals surface area (Å²) in [5.41, 5.74) is -0.495. The molecule has 40 heavy (non-hydrogen) atoms. The highest BCUT2D eigenvalue weighted by Gasteiger charge is 2.43. The number of benzene rings is 3. The Balaban J connectivity index is 2.08. The molecular formula is C34H31F2NO3. The van der Waals surface area contributed by atoms with Gasteiger partial charge in [0, 0.05) is 29.2 Å². The number of carboxylic acids is 1. The van der Waals surface area contributed by atoms with E-state index in [0.717, 1.165) is 11.6 Å². The van der Waals surface area contributed by atoms with Crippen molar-refractivity contribution in [2.75, 3.05) is 0 Å². The van der Waals surface area contributed by atoms with E-state index < -0.39 is 28.6 Å². The first-order valence-electron chi connectivity index (χ1n) is 13.0. The van der Waals surface area contributed by atoms with Crippen LogP contribution in [0.15, 0.2) is 114 Å². The summed E-state index contributed by atoms with van der Waals surface area (Å²) in [4.78, 5) is 30.6. The summed E-state index contributed by atoms with van der Waals surface area (Å²) in [5.74, 6) is -2.93. The van der Waals surface area contributed by atoms with E-state index in [9.17, 15) is 19.1 Å². The number of carbonyl (C=O) groups excluding carboxylic acids is 1. The molecule has 0 radical (unpaired) electrons. The molecule has 2 unspecified atom stereocenters. The van der Waals surface area contributed by atoms with Crippen molar-refractivity contribution < 1.29 is 23.5 Å². The van der Waals surface area contributed by atoms with E-state index in [1.54, 1.807) is 55.5 Å². The van der Waals surface area contributed by atoms with Crippen LogP contribution in [0.1, 0.15) is 60.2 Å². The van der Waals surface area contributed by atoms with Crippen LogP contribution in [-0.2, 0) is 10.2 Å². The number of rotatable bonds is 9. The van der Waals surface area contributed by atoms with Gasteiger partial charge in [-0.1, -0.05) is 98.8 Å². The third kappa shape index (κ3) is 5.48. The van der Waals surface area contributed by atoms with Crippen LogP contribution in [0.4, 0.5) is 8.78 Å². The predicted molar refractivity (Wildman–Crippen MR) is 154 cm³/mol. The van der Waals surface area contributed by atoms with Gasteiger partial charge in [-0.15, -0.1) is 6.58 Å². The second-order valence-corrected chi connectivity index (χ2v) is 10.4. The molecule has 0 saturated heterocycles. The van der Waals surface area contributed by atoms with Crippen molar-refractivity contribution in [2.45, 2.75) is 44.1 Å². The fraction of sp³-hybridized carbons (Fsp3) is 0.206. The lowest BCUT2D eigenvalue weighted by atomic mass is 9.66. The van der Waals surface area contributed by atoms with Crippen molar-refractivity contribution in [1.82, 2.24) is 0 Å². The van der Waals surface area contributed by atoms with Crippen molar-refractivity contribution in [2.24, 2.45) is 4.99 Å². The quantitative estimate of drug-likeness (QED) is 0.173.